The van der Waals surface area contributed by atoms with Crippen LogP contribution in [0.25, 0.3) is 0 Å². The van der Waals surface area contributed by atoms with Crippen molar-refractivity contribution in [3.05, 3.63) is 57.9 Å². The van der Waals surface area contributed by atoms with E-state index in [0.29, 0.717) is 29.1 Å². The second-order valence-corrected chi connectivity index (χ2v) is 9.56. The van der Waals surface area contributed by atoms with Gasteiger partial charge in [-0.2, -0.15) is 0 Å². The molecule has 3 N–H and O–H groups in total. The molecule has 0 aromatic heterocycles. The molecule has 1 atom stereocenters. The van der Waals surface area contributed by atoms with Gasteiger partial charge in [0.1, 0.15) is 12.7 Å². The van der Waals surface area contributed by atoms with Crippen LogP contribution in [-0.4, -0.2) is 61.3 Å². The molecule has 198 valence electrons. The number of carbonyl (C=O) groups excluding carboxylic acids is 2. The molecule has 0 fully saturated rings. The second-order valence-electron chi connectivity index (χ2n) is 9.56. The highest BCUT2D eigenvalue weighted by atomic mass is 16.6. The van der Waals surface area contributed by atoms with E-state index < -0.39 is 24.0 Å². The minimum Gasteiger partial charge on any atom is -0.463 e. The summed E-state index contributed by atoms with van der Waals surface area (Å²) in [6.07, 6.45) is 0.855. The number of nitrogens with zero attached hydrogens (tertiary/aromatic N) is 1. The van der Waals surface area contributed by atoms with Gasteiger partial charge in [0.2, 0.25) is 0 Å². The van der Waals surface area contributed by atoms with Crippen LogP contribution < -0.4 is 10.6 Å². The summed E-state index contributed by atoms with van der Waals surface area (Å²) in [6.45, 7) is 14.0. The normalized spacial score (nSPS) is 15.7. The summed E-state index contributed by atoms with van der Waals surface area (Å²) in [5.41, 5.74) is 3.39. The predicted octanol–water partition coefficient (Wildman–Crippen LogP) is 3.15. The number of benzene rings is 1. The van der Waals surface area contributed by atoms with Gasteiger partial charge in [-0.25, -0.2) is 9.59 Å². The number of aliphatic hydroxyl groups is 1. The molecule has 0 radical (unpaired) electrons. The number of esters is 2. The Morgan fingerprint density at radius 3 is 2.06 bits per heavy atom. The molecular formula is C27H39N3O6. The van der Waals surface area contributed by atoms with Gasteiger partial charge in [-0.3, -0.25) is 0 Å². The Hall–Kier alpha value is -3.17. The number of nitrogens with one attached hydrogen (secondary N) is 2. The Kier molecular flexibility index (Phi) is 10.7. The van der Waals surface area contributed by atoms with Crippen LogP contribution in [-0.2, 0) is 23.9 Å². The largest absolute Gasteiger partial charge is 0.463 e. The van der Waals surface area contributed by atoms with E-state index in [9.17, 15) is 14.7 Å². The van der Waals surface area contributed by atoms with Crippen LogP contribution in [0.15, 0.2) is 52.0 Å². The van der Waals surface area contributed by atoms with Crippen LogP contribution in [0.5, 0.6) is 0 Å². The molecule has 0 aliphatic carbocycles. The van der Waals surface area contributed by atoms with Crippen molar-refractivity contribution in [3.8, 4) is 0 Å². The van der Waals surface area contributed by atoms with Crippen LogP contribution in [0.3, 0.4) is 0 Å². The molecule has 1 aromatic carbocycles. The van der Waals surface area contributed by atoms with Gasteiger partial charge in [0, 0.05) is 23.5 Å². The first-order chi connectivity index (χ1) is 17.0. The van der Waals surface area contributed by atoms with Crippen molar-refractivity contribution < 1.29 is 29.0 Å². The van der Waals surface area contributed by atoms with E-state index in [1.807, 2.05) is 45.0 Å². The number of hydrogen-bond donors (Lipinski definition) is 3. The summed E-state index contributed by atoms with van der Waals surface area (Å²) >= 11 is 0. The molecule has 0 bridgehead atoms. The van der Waals surface area contributed by atoms with Crippen molar-refractivity contribution in [2.75, 3.05) is 26.4 Å². The Bertz CT molecular complexity index is 965. The van der Waals surface area contributed by atoms with Gasteiger partial charge in [0.15, 0.2) is 0 Å². The summed E-state index contributed by atoms with van der Waals surface area (Å²) < 4.78 is 10.6. The molecule has 1 unspecified atom stereocenters. The first-order valence-corrected chi connectivity index (χ1v) is 12.2. The molecule has 0 saturated heterocycles. The summed E-state index contributed by atoms with van der Waals surface area (Å²) in [4.78, 5) is 31.0. The van der Waals surface area contributed by atoms with Gasteiger partial charge >= 0.3 is 11.9 Å². The standard InChI is InChI=1S/C27H39N3O6/c1-8-34-25(32)22-17(3)30-18(4)23(26(33)35-9-2)24(22)20-12-10-19(11-13-20)14-29-36-16-21(31)15-28-27(5,6)7/h10-14,21,24,28,30-31H,8-9,15-16H2,1-7H3. The zero-order valence-electron chi connectivity index (χ0n) is 22.3. The summed E-state index contributed by atoms with van der Waals surface area (Å²) in [7, 11) is 0. The number of ether oxygens (including phenoxy) is 2. The van der Waals surface area contributed by atoms with Crippen molar-refractivity contribution in [1.82, 2.24) is 10.6 Å². The van der Waals surface area contributed by atoms with Crippen molar-refractivity contribution in [1.29, 1.82) is 0 Å². The number of oxime groups is 1. The fourth-order valence-corrected chi connectivity index (χ4v) is 3.77. The number of allylic oxidation sites excluding steroid dienone is 2. The third kappa shape index (κ3) is 8.20. The Labute approximate surface area is 213 Å². The molecule has 1 aliphatic rings. The number of dihydropyridines is 1. The second kappa shape index (κ2) is 13.2. The number of carbonyl (C=O) groups is 2. The minimum atomic E-state index is -0.684. The lowest BCUT2D eigenvalue weighted by Crippen LogP contribution is -2.42. The van der Waals surface area contributed by atoms with Gasteiger partial charge in [0.05, 0.1) is 36.5 Å². The SMILES string of the molecule is CCOC(=O)C1=C(C)NC(C)=C(C(=O)OCC)C1c1ccc(C=NOCC(O)CNC(C)(C)C)cc1. The molecule has 1 aliphatic heterocycles. The molecule has 9 heteroatoms. The number of rotatable bonds is 11. The van der Waals surface area contributed by atoms with E-state index in [-0.39, 0.29) is 25.4 Å². The topological polar surface area (TPSA) is 118 Å². The van der Waals surface area contributed by atoms with Crippen molar-refractivity contribution >= 4 is 18.2 Å². The smallest absolute Gasteiger partial charge is 0.336 e. The van der Waals surface area contributed by atoms with Gasteiger partial charge in [-0.1, -0.05) is 29.4 Å². The fourth-order valence-electron chi connectivity index (χ4n) is 3.77. The summed E-state index contributed by atoms with van der Waals surface area (Å²) in [5.74, 6) is -1.61. The quantitative estimate of drug-likeness (QED) is 0.240. The van der Waals surface area contributed by atoms with Gasteiger partial charge < -0.3 is 30.1 Å². The Morgan fingerprint density at radius 2 is 1.58 bits per heavy atom. The highest BCUT2D eigenvalue weighted by molar-refractivity contribution is 6.00. The van der Waals surface area contributed by atoms with E-state index in [1.165, 1.54) is 6.21 Å². The molecule has 0 saturated carbocycles. The molecule has 1 heterocycles. The van der Waals surface area contributed by atoms with E-state index in [0.717, 1.165) is 11.1 Å². The number of hydrogen-bond acceptors (Lipinski definition) is 9. The van der Waals surface area contributed by atoms with E-state index in [4.69, 9.17) is 14.3 Å². The van der Waals surface area contributed by atoms with Crippen LogP contribution in [0, 0.1) is 0 Å². The lowest BCUT2D eigenvalue weighted by atomic mass is 9.80. The van der Waals surface area contributed by atoms with Gasteiger partial charge in [-0.05, 0) is 59.6 Å². The minimum absolute atomic E-state index is 0.0622. The van der Waals surface area contributed by atoms with E-state index in [2.05, 4.69) is 15.8 Å². The van der Waals surface area contributed by atoms with Crippen LogP contribution in [0.4, 0.5) is 0 Å². The molecule has 36 heavy (non-hydrogen) atoms. The summed E-state index contributed by atoms with van der Waals surface area (Å²) in [5, 5.41) is 20.3. The highest BCUT2D eigenvalue weighted by Crippen LogP contribution is 2.39. The number of β-amino-alcohol motifs (C(OH)–C–C–N with tert-alkyl or cyclic N) is 1. The van der Waals surface area contributed by atoms with Gasteiger partial charge in [0.25, 0.3) is 0 Å². The van der Waals surface area contributed by atoms with E-state index in [1.54, 1.807) is 27.7 Å². The van der Waals surface area contributed by atoms with Gasteiger partial charge in [-0.15, -0.1) is 0 Å². The first-order valence-electron chi connectivity index (χ1n) is 12.2. The van der Waals surface area contributed by atoms with Crippen LogP contribution in [0.2, 0.25) is 0 Å². The molecule has 0 amide bonds. The molecule has 2 rings (SSSR count). The lowest BCUT2D eigenvalue weighted by molar-refractivity contribution is -0.139. The highest BCUT2D eigenvalue weighted by Gasteiger charge is 2.37. The van der Waals surface area contributed by atoms with Crippen LogP contribution >= 0.6 is 0 Å². The third-order valence-electron chi connectivity index (χ3n) is 5.43. The first kappa shape index (κ1) is 29.1. The average molecular weight is 502 g/mol. The summed E-state index contributed by atoms with van der Waals surface area (Å²) in [6, 6.07) is 7.30. The Morgan fingerprint density at radius 1 is 1.06 bits per heavy atom. The predicted molar refractivity (Wildman–Crippen MR) is 138 cm³/mol. The monoisotopic (exact) mass is 501 g/mol. The lowest BCUT2D eigenvalue weighted by Gasteiger charge is -2.30. The maximum absolute atomic E-state index is 12.9. The maximum atomic E-state index is 12.9. The Balaban J connectivity index is 2.22. The zero-order chi connectivity index (χ0) is 26.9. The molecular weight excluding hydrogens is 462 g/mol. The third-order valence-corrected chi connectivity index (χ3v) is 5.43. The molecule has 0 spiro atoms. The zero-order valence-corrected chi connectivity index (χ0v) is 22.3. The van der Waals surface area contributed by atoms with Crippen LogP contribution in [0.1, 0.15) is 65.5 Å². The molecule has 1 aromatic rings. The fraction of sp³-hybridized carbons (Fsp3) is 0.519. The van der Waals surface area contributed by atoms with E-state index >= 15 is 0 Å². The number of aliphatic hydroxyl groups excluding tert-OH is 1. The van der Waals surface area contributed by atoms with Crippen molar-refractivity contribution in [2.45, 2.75) is 66.0 Å². The maximum Gasteiger partial charge on any atom is 0.336 e. The molecule has 9 nitrogen and oxygen atoms in total. The van der Waals surface area contributed by atoms with Crippen molar-refractivity contribution in [2.24, 2.45) is 5.16 Å². The average Bonchev–Trinajstić information content (AvgIpc) is 2.80. The van der Waals surface area contributed by atoms with Crippen molar-refractivity contribution in [3.63, 3.8) is 0 Å².